The van der Waals surface area contributed by atoms with Gasteiger partial charge < -0.3 is 47.1 Å². The molecule has 0 saturated carbocycles. The van der Waals surface area contributed by atoms with Crippen molar-refractivity contribution in [2.75, 3.05) is 25.7 Å². The van der Waals surface area contributed by atoms with Gasteiger partial charge in [0.1, 0.15) is 49.1 Å². The number of carbonyl (C=O) groups excluding carboxylic acids is 2. The van der Waals surface area contributed by atoms with Crippen molar-refractivity contribution in [1.29, 1.82) is 0 Å². The molecule has 3 saturated heterocycles. The highest BCUT2D eigenvalue weighted by Crippen LogP contribution is 2.55. The van der Waals surface area contributed by atoms with E-state index in [-0.39, 0.29) is 28.9 Å². The molecule has 292 valence electrons. The normalized spacial score (nSPS) is 27.9. The van der Waals surface area contributed by atoms with Crippen LogP contribution in [0.25, 0.3) is 0 Å². The molecule has 1 unspecified atom stereocenters. The summed E-state index contributed by atoms with van der Waals surface area (Å²) in [6.07, 6.45) is -8.51. The molecule has 3 aromatic carbocycles. The van der Waals surface area contributed by atoms with Crippen molar-refractivity contribution in [3.63, 3.8) is 0 Å². The van der Waals surface area contributed by atoms with Crippen LogP contribution in [0.1, 0.15) is 62.3 Å². The van der Waals surface area contributed by atoms with Crippen molar-refractivity contribution >= 4 is 32.1 Å². The number of aliphatic hydroxyl groups excluding tert-OH is 1. The molecule has 14 heteroatoms. The van der Waals surface area contributed by atoms with Crippen molar-refractivity contribution in [1.82, 2.24) is 0 Å². The summed E-state index contributed by atoms with van der Waals surface area (Å²) in [4.78, 5) is 26.6. The van der Waals surface area contributed by atoms with E-state index in [1.165, 1.54) is 0 Å². The van der Waals surface area contributed by atoms with Crippen LogP contribution in [0, 0.1) is 0 Å². The summed E-state index contributed by atoms with van der Waals surface area (Å²) in [6, 6.07) is 23.7. The fraction of sp³-hybridized carbons (Fsp3) is 0.500. The molecule has 0 bridgehead atoms. The first-order chi connectivity index (χ1) is 25.7. The lowest BCUT2D eigenvalue weighted by Gasteiger charge is -2.53. The van der Waals surface area contributed by atoms with Gasteiger partial charge in [-0.3, -0.25) is 0 Å². The Kier molecular flexibility index (Phi) is 12.4. The molecule has 0 radical (unpaired) electrons. The molecule has 3 aliphatic rings. The van der Waals surface area contributed by atoms with Crippen LogP contribution >= 0.6 is 11.6 Å². The van der Waals surface area contributed by atoms with Gasteiger partial charge in [0.2, 0.25) is 6.29 Å². The maximum atomic E-state index is 13.6. The van der Waals surface area contributed by atoms with E-state index in [1.807, 2.05) is 0 Å². The Morgan fingerprint density at radius 3 is 1.98 bits per heavy atom. The zero-order chi connectivity index (χ0) is 38.7. The standard InChI is InChI=1S/C40H49ClO12Si/c1-39(2,3)54(40(4,5)6)47-24-30-32(53-54)31(42)37(49-30)52-34-33(51-36(44)26-15-11-8-12-16-26)29(23-46-35(43)25-13-9-7-10-14-25)50-38(34)48-28-19-17-27(18-20-28)45-22-21-41/h7-20,29-34,37-38,42H,21-24H2,1-6H3/t29-,30-,31+,32-,33-,34+,37?,38+/m1/s1. The molecule has 6 rings (SSSR count). The van der Waals surface area contributed by atoms with Crippen LogP contribution in [0.3, 0.4) is 0 Å². The number of fused-ring (bicyclic) bond motifs is 1. The van der Waals surface area contributed by atoms with Gasteiger partial charge >= 0.3 is 20.5 Å². The minimum Gasteiger partial charge on any atom is -0.492 e. The number of alkyl halides is 1. The zero-order valence-corrected chi connectivity index (χ0v) is 33.1. The van der Waals surface area contributed by atoms with E-state index in [0.717, 1.165) is 0 Å². The second-order valence-electron chi connectivity index (χ2n) is 15.5. The summed E-state index contributed by atoms with van der Waals surface area (Å²) in [5, 5.41) is 11.1. The van der Waals surface area contributed by atoms with Crippen molar-refractivity contribution in [2.24, 2.45) is 0 Å². The number of esters is 2. The first-order valence-corrected chi connectivity index (χ1v) is 20.5. The number of rotatable bonds is 12. The molecule has 3 fully saturated rings. The summed E-state index contributed by atoms with van der Waals surface area (Å²) in [7, 11) is -2.98. The molecule has 12 nitrogen and oxygen atoms in total. The van der Waals surface area contributed by atoms with Crippen LogP contribution < -0.4 is 9.47 Å². The maximum absolute atomic E-state index is 13.6. The number of halogens is 1. The lowest BCUT2D eigenvalue weighted by atomic mass is 10.1. The fourth-order valence-electron chi connectivity index (χ4n) is 7.28. The number of carbonyl (C=O) groups is 2. The van der Waals surface area contributed by atoms with Crippen molar-refractivity contribution < 1.29 is 56.7 Å². The lowest BCUT2D eigenvalue weighted by Crippen LogP contribution is -2.65. The predicted molar refractivity (Wildman–Crippen MR) is 200 cm³/mol. The van der Waals surface area contributed by atoms with Gasteiger partial charge in [0.15, 0.2) is 18.5 Å². The molecule has 0 spiro atoms. The van der Waals surface area contributed by atoms with E-state index in [4.69, 9.17) is 53.6 Å². The first-order valence-electron chi connectivity index (χ1n) is 18.1. The van der Waals surface area contributed by atoms with E-state index >= 15 is 0 Å². The van der Waals surface area contributed by atoms with Gasteiger partial charge in [-0.2, -0.15) is 0 Å². The van der Waals surface area contributed by atoms with Gasteiger partial charge in [-0.15, -0.1) is 11.6 Å². The second kappa shape index (κ2) is 16.7. The van der Waals surface area contributed by atoms with Gasteiger partial charge in [0.05, 0.1) is 23.6 Å². The monoisotopic (exact) mass is 784 g/mol. The quantitative estimate of drug-likeness (QED) is 0.123. The Morgan fingerprint density at radius 2 is 1.39 bits per heavy atom. The zero-order valence-electron chi connectivity index (χ0n) is 31.3. The molecule has 54 heavy (non-hydrogen) atoms. The minimum absolute atomic E-state index is 0.200. The lowest BCUT2D eigenvalue weighted by molar-refractivity contribution is -0.230. The largest absolute Gasteiger partial charge is 0.492 e. The highest BCUT2D eigenvalue weighted by molar-refractivity contribution is 6.73. The van der Waals surface area contributed by atoms with Gasteiger partial charge in [0.25, 0.3) is 0 Å². The number of benzene rings is 3. The van der Waals surface area contributed by atoms with Crippen molar-refractivity contribution in [3.05, 3.63) is 96.1 Å². The summed E-state index contributed by atoms with van der Waals surface area (Å²) >= 11 is 5.78. The third-order valence-electron chi connectivity index (χ3n) is 9.64. The van der Waals surface area contributed by atoms with Crippen LogP contribution in [-0.2, 0) is 32.5 Å². The summed E-state index contributed by atoms with van der Waals surface area (Å²) in [6.45, 7) is 12.8. The van der Waals surface area contributed by atoms with E-state index in [1.54, 1.807) is 84.9 Å². The SMILES string of the molecule is CC(C)(C)[Si]1(C(C)(C)C)OC[C@H]2OC(O[C@@H]3[C@@H](Oc4ccc(OCCCl)cc4)O[C@H](COC(=O)c4ccccc4)[C@H]3OC(=O)c3ccccc3)[C@@H](O)[C@@H]2O1. The van der Waals surface area contributed by atoms with Crippen LogP contribution in [0.4, 0.5) is 0 Å². The Labute approximate surface area is 322 Å². The number of aliphatic hydroxyl groups is 1. The molecule has 8 atom stereocenters. The topological polar surface area (TPSA) is 137 Å². The van der Waals surface area contributed by atoms with E-state index in [9.17, 15) is 14.7 Å². The molecule has 3 heterocycles. The first kappa shape index (κ1) is 40.1. The van der Waals surface area contributed by atoms with Gasteiger partial charge in [-0.1, -0.05) is 77.9 Å². The average Bonchev–Trinajstić information content (AvgIpc) is 3.64. The smallest absolute Gasteiger partial charge is 0.349 e. The van der Waals surface area contributed by atoms with E-state index < -0.39 is 69.7 Å². The van der Waals surface area contributed by atoms with Crippen LogP contribution in [0.15, 0.2) is 84.9 Å². The Morgan fingerprint density at radius 1 is 0.796 bits per heavy atom. The van der Waals surface area contributed by atoms with Gasteiger partial charge in [-0.05, 0) is 48.5 Å². The van der Waals surface area contributed by atoms with Crippen LogP contribution in [0.5, 0.6) is 11.5 Å². The molecule has 1 N–H and O–H groups in total. The highest BCUT2D eigenvalue weighted by Gasteiger charge is 2.65. The fourth-order valence-corrected chi connectivity index (χ4v) is 12.3. The van der Waals surface area contributed by atoms with Gasteiger partial charge in [-0.25, -0.2) is 9.59 Å². The third-order valence-corrected chi connectivity index (χ3v) is 14.9. The Bertz CT molecular complexity index is 1680. The summed E-state index contributed by atoms with van der Waals surface area (Å²) in [5.41, 5.74) is 0.621. The molecule has 0 aliphatic carbocycles. The molecule has 3 aromatic rings. The van der Waals surface area contributed by atoms with Crippen molar-refractivity contribution in [3.8, 4) is 11.5 Å². The molecular formula is C40H49ClO12Si. The van der Waals surface area contributed by atoms with Gasteiger partial charge in [0, 0.05) is 10.1 Å². The number of hydrogen-bond acceptors (Lipinski definition) is 12. The van der Waals surface area contributed by atoms with Crippen molar-refractivity contribution in [2.45, 2.75) is 101 Å². The number of hydrogen-bond donors (Lipinski definition) is 1. The predicted octanol–water partition coefficient (Wildman–Crippen LogP) is 6.42. The third kappa shape index (κ3) is 8.63. The maximum Gasteiger partial charge on any atom is 0.349 e. The molecule has 3 aliphatic heterocycles. The average molecular weight is 785 g/mol. The Hall–Kier alpha value is -3.53. The Balaban J connectivity index is 1.29. The minimum atomic E-state index is -2.98. The summed E-state index contributed by atoms with van der Waals surface area (Å²) < 4.78 is 56.3. The molecule has 0 aromatic heterocycles. The number of ether oxygens (including phenoxy) is 7. The highest BCUT2D eigenvalue weighted by atomic mass is 35.5. The molecular weight excluding hydrogens is 736 g/mol. The van der Waals surface area contributed by atoms with E-state index in [2.05, 4.69) is 41.5 Å². The molecule has 0 amide bonds. The van der Waals surface area contributed by atoms with Crippen LogP contribution in [-0.4, -0.2) is 101 Å². The van der Waals surface area contributed by atoms with E-state index in [0.29, 0.717) is 29.5 Å². The second-order valence-corrected chi connectivity index (χ2v) is 20.6. The summed E-state index contributed by atoms with van der Waals surface area (Å²) in [5.74, 6) is 0.0360. The van der Waals surface area contributed by atoms with Crippen LogP contribution in [0.2, 0.25) is 10.1 Å².